The molecule has 156 valence electrons. The zero-order valence-electron chi connectivity index (χ0n) is 17.2. The third-order valence-electron chi connectivity index (χ3n) is 4.66. The standard InChI is InChI=1S/C22H24N4O3S/c1-4-15-7-5-6-8-18(15)23-21(28)13-20-24-25-22(26(20)2)30-14-19(27)16-9-11-17(29-3)12-10-16/h5-12H,4,13-14H2,1-3H3,(H,23,28). The van der Waals surface area contributed by atoms with Crippen LogP contribution in [0.3, 0.4) is 0 Å². The molecule has 0 atom stereocenters. The average molecular weight is 425 g/mol. The van der Waals surface area contributed by atoms with Crippen molar-refractivity contribution in [3.05, 3.63) is 65.5 Å². The van der Waals surface area contributed by atoms with Crippen LogP contribution in [0.15, 0.2) is 53.7 Å². The Hall–Kier alpha value is -3.13. The first-order chi connectivity index (χ1) is 14.5. The Morgan fingerprint density at radius 1 is 1.10 bits per heavy atom. The minimum absolute atomic E-state index is 0.0129. The molecule has 3 aromatic rings. The third kappa shape index (κ3) is 5.27. The molecule has 0 saturated heterocycles. The minimum atomic E-state index is -0.155. The summed E-state index contributed by atoms with van der Waals surface area (Å²) in [7, 11) is 3.38. The van der Waals surface area contributed by atoms with E-state index in [1.165, 1.54) is 11.8 Å². The SMILES string of the molecule is CCc1ccccc1NC(=O)Cc1nnc(SCC(=O)c2ccc(OC)cc2)n1C. The first kappa shape index (κ1) is 21.6. The zero-order chi connectivity index (χ0) is 21.5. The van der Waals surface area contributed by atoms with Gasteiger partial charge in [-0.1, -0.05) is 36.9 Å². The number of nitrogens with one attached hydrogen (secondary N) is 1. The summed E-state index contributed by atoms with van der Waals surface area (Å²) in [6.45, 7) is 2.05. The number of aryl methyl sites for hydroxylation is 1. The molecule has 0 fully saturated rings. The number of hydrogen-bond acceptors (Lipinski definition) is 6. The summed E-state index contributed by atoms with van der Waals surface area (Å²) in [5.41, 5.74) is 2.50. The molecular weight excluding hydrogens is 400 g/mol. The number of amides is 1. The van der Waals surface area contributed by atoms with Crippen LogP contribution >= 0.6 is 11.8 Å². The lowest BCUT2D eigenvalue weighted by molar-refractivity contribution is -0.115. The summed E-state index contributed by atoms with van der Waals surface area (Å²) >= 11 is 1.29. The van der Waals surface area contributed by atoms with Crippen LogP contribution in [0.2, 0.25) is 0 Å². The largest absolute Gasteiger partial charge is 0.497 e. The van der Waals surface area contributed by atoms with Crippen LogP contribution in [0.25, 0.3) is 0 Å². The van der Waals surface area contributed by atoms with Gasteiger partial charge < -0.3 is 14.6 Å². The average Bonchev–Trinajstić information content (AvgIpc) is 3.11. The molecule has 7 nitrogen and oxygen atoms in total. The van der Waals surface area contributed by atoms with Gasteiger partial charge in [0.15, 0.2) is 10.9 Å². The van der Waals surface area contributed by atoms with E-state index < -0.39 is 0 Å². The van der Waals surface area contributed by atoms with Crippen LogP contribution in [-0.2, 0) is 24.7 Å². The monoisotopic (exact) mass is 424 g/mol. The maximum atomic E-state index is 12.5. The second kappa shape index (κ2) is 10.1. The highest BCUT2D eigenvalue weighted by atomic mass is 32.2. The highest BCUT2D eigenvalue weighted by Gasteiger charge is 2.16. The van der Waals surface area contributed by atoms with Crippen molar-refractivity contribution in [2.45, 2.75) is 24.9 Å². The predicted octanol–water partition coefficient (Wildman–Crippen LogP) is 3.54. The fourth-order valence-corrected chi connectivity index (χ4v) is 3.73. The summed E-state index contributed by atoms with van der Waals surface area (Å²) in [5.74, 6) is 1.31. The van der Waals surface area contributed by atoms with Gasteiger partial charge in [0, 0.05) is 18.3 Å². The number of thioether (sulfide) groups is 1. The Labute approximate surface area is 179 Å². The second-order valence-corrected chi connectivity index (χ2v) is 7.58. The molecule has 8 heteroatoms. The number of aromatic nitrogens is 3. The summed E-state index contributed by atoms with van der Waals surface area (Å²) in [6, 6.07) is 14.7. The Morgan fingerprint density at radius 3 is 2.53 bits per heavy atom. The van der Waals surface area contributed by atoms with Crippen molar-refractivity contribution in [1.82, 2.24) is 14.8 Å². The Morgan fingerprint density at radius 2 is 1.83 bits per heavy atom. The van der Waals surface area contributed by atoms with E-state index in [0.29, 0.717) is 22.3 Å². The number of hydrogen-bond donors (Lipinski definition) is 1. The molecule has 0 bridgehead atoms. The van der Waals surface area contributed by atoms with Crippen molar-refractivity contribution in [3.8, 4) is 5.75 Å². The summed E-state index contributed by atoms with van der Waals surface area (Å²) in [4.78, 5) is 24.8. The number of rotatable bonds is 9. The lowest BCUT2D eigenvalue weighted by atomic mass is 10.1. The van der Waals surface area contributed by atoms with Crippen LogP contribution in [0, 0.1) is 0 Å². The third-order valence-corrected chi connectivity index (χ3v) is 5.68. The molecule has 0 aliphatic heterocycles. The molecule has 0 unspecified atom stereocenters. The Balaban J connectivity index is 1.58. The molecule has 0 saturated carbocycles. The zero-order valence-corrected chi connectivity index (χ0v) is 18.0. The number of Topliss-reactive ketones (excluding diaryl/α,β-unsaturated/α-hetero) is 1. The van der Waals surface area contributed by atoms with Gasteiger partial charge in [0.25, 0.3) is 0 Å². The van der Waals surface area contributed by atoms with E-state index in [1.54, 1.807) is 43.0 Å². The van der Waals surface area contributed by atoms with Crippen molar-refractivity contribution in [3.63, 3.8) is 0 Å². The lowest BCUT2D eigenvalue weighted by Gasteiger charge is -2.09. The van der Waals surface area contributed by atoms with Crippen LogP contribution in [-0.4, -0.2) is 39.3 Å². The van der Waals surface area contributed by atoms with Gasteiger partial charge in [0.05, 0.1) is 19.3 Å². The first-order valence-corrected chi connectivity index (χ1v) is 10.6. The van der Waals surface area contributed by atoms with Crippen molar-refractivity contribution in [1.29, 1.82) is 0 Å². The molecule has 1 heterocycles. The van der Waals surface area contributed by atoms with Gasteiger partial charge in [-0.05, 0) is 42.3 Å². The van der Waals surface area contributed by atoms with Crippen LogP contribution in [0.5, 0.6) is 5.75 Å². The number of ether oxygens (including phenoxy) is 1. The Kier molecular flexibility index (Phi) is 7.24. The van der Waals surface area contributed by atoms with E-state index in [-0.39, 0.29) is 23.9 Å². The quantitative estimate of drug-likeness (QED) is 0.418. The highest BCUT2D eigenvalue weighted by Crippen LogP contribution is 2.20. The van der Waals surface area contributed by atoms with Crippen LogP contribution in [0.1, 0.15) is 28.7 Å². The van der Waals surface area contributed by atoms with Gasteiger partial charge >= 0.3 is 0 Å². The van der Waals surface area contributed by atoms with E-state index in [1.807, 2.05) is 31.2 Å². The number of methoxy groups -OCH3 is 1. The van der Waals surface area contributed by atoms with Gasteiger partial charge in [-0.3, -0.25) is 9.59 Å². The molecule has 2 aromatic carbocycles. The molecule has 3 rings (SSSR count). The van der Waals surface area contributed by atoms with Crippen LogP contribution < -0.4 is 10.1 Å². The van der Waals surface area contributed by atoms with Crippen LogP contribution in [0.4, 0.5) is 5.69 Å². The number of para-hydroxylation sites is 1. The minimum Gasteiger partial charge on any atom is -0.497 e. The number of nitrogens with zero attached hydrogens (tertiary/aromatic N) is 3. The van der Waals surface area contributed by atoms with E-state index in [0.717, 1.165) is 17.7 Å². The number of benzene rings is 2. The highest BCUT2D eigenvalue weighted by molar-refractivity contribution is 7.99. The van der Waals surface area contributed by atoms with E-state index in [2.05, 4.69) is 15.5 Å². The first-order valence-electron chi connectivity index (χ1n) is 9.58. The molecule has 0 spiro atoms. The van der Waals surface area contributed by atoms with Crippen molar-refractivity contribution in [2.75, 3.05) is 18.2 Å². The molecule has 30 heavy (non-hydrogen) atoms. The molecule has 0 radical (unpaired) electrons. The number of carbonyl (C=O) groups excluding carboxylic acids is 2. The van der Waals surface area contributed by atoms with Gasteiger partial charge in [0.1, 0.15) is 11.6 Å². The van der Waals surface area contributed by atoms with E-state index >= 15 is 0 Å². The summed E-state index contributed by atoms with van der Waals surface area (Å²) in [6.07, 6.45) is 0.942. The Bertz CT molecular complexity index is 1030. The predicted molar refractivity (Wildman–Crippen MR) is 117 cm³/mol. The molecule has 1 N–H and O–H groups in total. The topological polar surface area (TPSA) is 86.1 Å². The smallest absolute Gasteiger partial charge is 0.232 e. The van der Waals surface area contributed by atoms with Gasteiger partial charge in [-0.25, -0.2) is 0 Å². The van der Waals surface area contributed by atoms with Gasteiger partial charge in [-0.2, -0.15) is 0 Å². The molecule has 1 aromatic heterocycles. The normalized spacial score (nSPS) is 10.6. The summed E-state index contributed by atoms with van der Waals surface area (Å²) in [5, 5.41) is 11.8. The summed E-state index contributed by atoms with van der Waals surface area (Å²) < 4.78 is 6.86. The van der Waals surface area contributed by atoms with Crippen molar-refractivity contribution in [2.24, 2.45) is 7.05 Å². The van der Waals surface area contributed by atoms with E-state index in [4.69, 9.17) is 4.74 Å². The molecule has 0 aliphatic rings. The molecule has 0 aliphatic carbocycles. The fraction of sp³-hybridized carbons (Fsp3) is 0.273. The second-order valence-electron chi connectivity index (χ2n) is 6.63. The number of carbonyl (C=O) groups is 2. The maximum absolute atomic E-state index is 12.5. The van der Waals surface area contributed by atoms with Crippen molar-refractivity contribution < 1.29 is 14.3 Å². The van der Waals surface area contributed by atoms with Gasteiger partial charge in [-0.15, -0.1) is 10.2 Å². The van der Waals surface area contributed by atoms with E-state index in [9.17, 15) is 9.59 Å². The molecular formula is C22H24N4O3S. The van der Waals surface area contributed by atoms with Crippen molar-refractivity contribution >= 4 is 29.1 Å². The molecule has 1 amide bonds. The fourth-order valence-electron chi connectivity index (χ4n) is 2.90. The maximum Gasteiger partial charge on any atom is 0.232 e. The number of ketones is 1. The number of anilines is 1. The van der Waals surface area contributed by atoms with Gasteiger partial charge in [0.2, 0.25) is 5.91 Å². The lowest BCUT2D eigenvalue weighted by Crippen LogP contribution is -2.18.